The lowest BCUT2D eigenvalue weighted by molar-refractivity contribution is -0.206. The van der Waals surface area contributed by atoms with Crippen LogP contribution in [0.25, 0.3) is 0 Å². The summed E-state index contributed by atoms with van der Waals surface area (Å²) in [6.45, 7) is 4.33. The fraction of sp³-hybridized carbons (Fsp3) is 0.588. The predicted molar refractivity (Wildman–Crippen MR) is 86.6 cm³/mol. The van der Waals surface area contributed by atoms with Crippen LogP contribution in [0.5, 0.6) is 0 Å². The van der Waals surface area contributed by atoms with Gasteiger partial charge in [-0.3, -0.25) is 4.90 Å². The molecule has 1 amide bonds. The lowest BCUT2D eigenvalue weighted by Crippen LogP contribution is -2.50. The van der Waals surface area contributed by atoms with Gasteiger partial charge in [-0.1, -0.05) is 30.3 Å². The number of rotatable bonds is 6. The molecule has 0 spiro atoms. The van der Waals surface area contributed by atoms with Crippen molar-refractivity contribution in [2.45, 2.75) is 38.8 Å². The predicted octanol–water partition coefficient (Wildman–Crippen LogP) is 2.03. The zero-order valence-corrected chi connectivity index (χ0v) is 13.9. The number of amides is 1. The monoisotopic (exact) mass is 322 g/mol. The van der Waals surface area contributed by atoms with E-state index < -0.39 is 6.41 Å². The Balaban J connectivity index is 1.78. The number of piperidine rings is 1. The van der Waals surface area contributed by atoms with Gasteiger partial charge in [0.25, 0.3) is 0 Å². The minimum absolute atomic E-state index is 0.157. The third kappa shape index (κ3) is 4.92. The van der Waals surface area contributed by atoms with Crippen molar-refractivity contribution in [1.82, 2.24) is 9.80 Å². The quantitative estimate of drug-likeness (QED) is 0.812. The fourth-order valence-electron chi connectivity index (χ4n) is 2.92. The van der Waals surface area contributed by atoms with Crippen molar-refractivity contribution in [3.63, 3.8) is 0 Å². The van der Waals surface area contributed by atoms with E-state index >= 15 is 0 Å². The van der Waals surface area contributed by atoms with Gasteiger partial charge in [-0.2, -0.15) is 0 Å². The van der Waals surface area contributed by atoms with Gasteiger partial charge < -0.3 is 19.5 Å². The third-order valence-corrected chi connectivity index (χ3v) is 4.24. The highest BCUT2D eigenvalue weighted by atomic mass is 16.6. The van der Waals surface area contributed by atoms with E-state index in [2.05, 4.69) is 0 Å². The first kappa shape index (κ1) is 17.7. The van der Waals surface area contributed by atoms with Crippen LogP contribution in [0.15, 0.2) is 30.3 Å². The van der Waals surface area contributed by atoms with Crippen molar-refractivity contribution in [2.24, 2.45) is 0 Å². The van der Waals surface area contributed by atoms with Gasteiger partial charge in [0.15, 0.2) is 0 Å². The zero-order chi connectivity index (χ0) is 16.7. The van der Waals surface area contributed by atoms with Gasteiger partial charge >= 0.3 is 6.09 Å². The van der Waals surface area contributed by atoms with Crippen LogP contribution in [-0.4, -0.2) is 60.2 Å². The van der Waals surface area contributed by atoms with Crippen LogP contribution in [-0.2, 0) is 16.1 Å². The molecular formula is C17H26N2O4. The van der Waals surface area contributed by atoms with Gasteiger partial charge in [-0.15, -0.1) is 0 Å². The van der Waals surface area contributed by atoms with E-state index in [1.165, 1.54) is 7.11 Å². The van der Waals surface area contributed by atoms with Crippen molar-refractivity contribution in [3.05, 3.63) is 35.9 Å². The summed E-state index contributed by atoms with van der Waals surface area (Å²) >= 11 is 0. The second-order valence-corrected chi connectivity index (χ2v) is 5.65. The first-order valence-electron chi connectivity index (χ1n) is 8.08. The molecule has 6 heteroatoms. The Labute approximate surface area is 137 Å². The van der Waals surface area contributed by atoms with Gasteiger partial charge in [-0.05, 0) is 25.3 Å². The largest absolute Gasteiger partial charge is 0.453 e. The van der Waals surface area contributed by atoms with E-state index in [0.29, 0.717) is 26.2 Å². The number of ether oxygens (including phenoxy) is 2. The summed E-state index contributed by atoms with van der Waals surface area (Å²) in [5, 5.41) is 10.2. The van der Waals surface area contributed by atoms with Crippen LogP contribution >= 0.6 is 0 Å². The Bertz CT molecular complexity index is 475. The maximum Gasteiger partial charge on any atom is 0.409 e. The number of nitrogens with zero attached hydrogens (tertiary/aromatic N) is 2. The second-order valence-electron chi connectivity index (χ2n) is 5.65. The summed E-state index contributed by atoms with van der Waals surface area (Å²) in [5.41, 5.74) is 1.03. The number of methoxy groups -OCH3 is 1. The Morgan fingerprint density at radius 3 is 2.57 bits per heavy atom. The third-order valence-electron chi connectivity index (χ3n) is 4.24. The number of hydrogen-bond acceptors (Lipinski definition) is 5. The summed E-state index contributed by atoms with van der Waals surface area (Å²) in [4.78, 5) is 15.4. The number of aliphatic hydroxyl groups is 1. The van der Waals surface area contributed by atoms with Gasteiger partial charge in [0.05, 0.1) is 13.7 Å². The second kappa shape index (κ2) is 8.86. The van der Waals surface area contributed by atoms with Crippen molar-refractivity contribution in [3.8, 4) is 0 Å². The molecule has 1 N–H and O–H groups in total. The Morgan fingerprint density at radius 2 is 2.00 bits per heavy atom. The van der Waals surface area contributed by atoms with Gasteiger partial charge in [0, 0.05) is 25.7 Å². The molecule has 0 aliphatic carbocycles. The molecule has 128 valence electrons. The van der Waals surface area contributed by atoms with E-state index in [-0.39, 0.29) is 12.1 Å². The molecule has 0 aromatic heterocycles. The minimum atomic E-state index is -0.913. The first-order valence-corrected chi connectivity index (χ1v) is 8.08. The minimum Gasteiger partial charge on any atom is -0.453 e. The summed E-state index contributed by atoms with van der Waals surface area (Å²) in [6.07, 6.45) is 0.403. The number of carbonyl (C=O) groups excluding carboxylic acids is 1. The maximum atomic E-state index is 11.7. The van der Waals surface area contributed by atoms with Crippen LogP contribution in [0.4, 0.5) is 4.79 Å². The van der Waals surface area contributed by atoms with Crippen LogP contribution < -0.4 is 0 Å². The lowest BCUT2D eigenvalue weighted by Gasteiger charge is -2.38. The van der Waals surface area contributed by atoms with Gasteiger partial charge in [-0.25, -0.2) is 4.79 Å². The highest BCUT2D eigenvalue weighted by molar-refractivity contribution is 5.67. The standard InChI is InChI=1S/C17H26N2O4/c1-3-19(17(21)22-2)15-9-11-18(12-10-15)16(20)23-13-14-7-5-4-6-8-14/h4-8,15-16,20H,3,9-13H2,1-2H3. The number of hydrogen-bond donors (Lipinski definition) is 1. The van der Waals surface area contributed by atoms with Gasteiger partial charge in [0.1, 0.15) is 0 Å². The highest BCUT2D eigenvalue weighted by Gasteiger charge is 2.29. The fourth-order valence-corrected chi connectivity index (χ4v) is 2.92. The molecule has 0 saturated carbocycles. The zero-order valence-electron chi connectivity index (χ0n) is 13.9. The van der Waals surface area contributed by atoms with Crippen molar-refractivity contribution >= 4 is 6.09 Å². The maximum absolute atomic E-state index is 11.7. The number of benzene rings is 1. The molecule has 6 nitrogen and oxygen atoms in total. The highest BCUT2D eigenvalue weighted by Crippen LogP contribution is 2.19. The summed E-state index contributed by atoms with van der Waals surface area (Å²) in [5.74, 6) is 0. The normalized spacial score (nSPS) is 17.7. The number of likely N-dealkylation sites (tertiary alicyclic amines) is 1. The Hall–Kier alpha value is -1.63. The lowest BCUT2D eigenvalue weighted by atomic mass is 10.0. The van der Waals surface area contributed by atoms with E-state index in [4.69, 9.17) is 9.47 Å². The Morgan fingerprint density at radius 1 is 1.35 bits per heavy atom. The molecule has 1 heterocycles. The molecule has 1 aliphatic rings. The van der Waals surface area contributed by atoms with Crippen LogP contribution in [0.2, 0.25) is 0 Å². The van der Waals surface area contributed by atoms with E-state index in [0.717, 1.165) is 18.4 Å². The number of aliphatic hydroxyl groups excluding tert-OH is 1. The van der Waals surface area contributed by atoms with Crippen molar-refractivity contribution in [1.29, 1.82) is 0 Å². The molecule has 23 heavy (non-hydrogen) atoms. The van der Waals surface area contributed by atoms with E-state index in [1.807, 2.05) is 42.2 Å². The average Bonchev–Trinajstić information content (AvgIpc) is 2.61. The van der Waals surface area contributed by atoms with Crippen LogP contribution in [0.3, 0.4) is 0 Å². The molecule has 1 saturated heterocycles. The van der Waals surface area contributed by atoms with Crippen LogP contribution in [0.1, 0.15) is 25.3 Å². The molecule has 1 atom stereocenters. The molecule has 0 radical (unpaired) electrons. The van der Waals surface area contributed by atoms with E-state index in [1.54, 1.807) is 4.90 Å². The molecule has 1 unspecified atom stereocenters. The smallest absolute Gasteiger partial charge is 0.409 e. The molecule has 1 aliphatic heterocycles. The van der Waals surface area contributed by atoms with Gasteiger partial charge in [0.2, 0.25) is 6.41 Å². The summed E-state index contributed by atoms with van der Waals surface area (Å²) in [7, 11) is 1.40. The molecule has 0 bridgehead atoms. The van der Waals surface area contributed by atoms with E-state index in [9.17, 15) is 9.90 Å². The molecule has 1 aromatic carbocycles. The average molecular weight is 322 g/mol. The SMILES string of the molecule is CCN(C(=O)OC)C1CCN(C(O)OCc2ccccc2)CC1. The topological polar surface area (TPSA) is 62.2 Å². The Kier molecular flexibility index (Phi) is 6.83. The summed E-state index contributed by atoms with van der Waals surface area (Å²) in [6, 6.07) is 9.94. The van der Waals surface area contributed by atoms with Crippen LogP contribution in [0, 0.1) is 0 Å². The van der Waals surface area contributed by atoms with Crippen molar-refractivity contribution < 1.29 is 19.4 Å². The molecule has 1 aromatic rings. The molecule has 1 fully saturated rings. The number of carbonyl (C=O) groups is 1. The molecule has 2 rings (SSSR count). The molecular weight excluding hydrogens is 296 g/mol. The van der Waals surface area contributed by atoms with Crippen molar-refractivity contribution in [2.75, 3.05) is 26.7 Å². The summed E-state index contributed by atoms with van der Waals surface area (Å²) < 4.78 is 10.4. The first-order chi connectivity index (χ1) is 11.2.